The van der Waals surface area contributed by atoms with E-state index < -0.39 is 0 Å². The minimum atomic E-state index is -0.312. The summed E-state index contributed by atoms with van der Waals surface area (Å²) in [5.74, 6) is -0.0423. The van der Waals surface area contributed by atoms with Crippen molar-refractivity contribution >= 4 is 23.6 Å². The fourth-order valence-electron chi connectivity index (χ4n) is 2.84. The monoisotopic (exact) mass is 462 g/mol. The van der Waals surface area contributed by atoms with E-state index in [-0.39, 0.29) is 11.7 Å². The maximum Gasteiger partial charge on any atom is 0.170 e. The number of carbonyl (C=O) groups is 1. The average Bonchev–Trinajstić information content (AvgIpc) is 3.23. The first-order valence-corrected chi connectivity index (χ1v) is 11.8. The van der Waals surface area contributed by atoms with Crippen LogP contribution in [-0.4, -0.2) is 61.8 Å². The average molecular weight is 463 g/mol. The Hall–Kier alpha value is -2.54. The van der Waals surface area contributed by atoms with Gasteiger partial charge in [0.25, 0.3) is 0 Å². The van der Waals surface area contributed by atoms with Gasteiger partial charge in [-0.05, 0) is 57.5 Å². The molecular formula is C26H43FN4O2. The summed E-state index contributed by atoms with van der Waals surface area (Å²) in [6, 6.07) is 4.56. The first-order valence-electron chi connectivity index (χ1n) is 11.8. The summed E-state index contributed by atoms with van der Waals surface area (Å²) in [7, 11) is 5.68. The van der Waals surface area contributed by atoms with Crippen LogP contribution in [0, 0.1) is 11.2 Å². The Morgan fingerprint density at radius 3 is 2.30 bits per heavy atom. The van der Waals surface area contributed by atoms with E-state index in [9.17, 15) is 9.18 Å². The lowest BCUT2D eigenvalue weighted by Gasteiger charge is -2.20. The standard InChI is InChI=1S/C19H25FN2O2.C4H10.C3H8N2/c1-4-14(13-23)8-10-22(3)11-9-15(5-2)19-17-7-6-16(20)12-18(17)24-21-19;1-3-4-2;1-5(2)3-4/h4,6-7,12-13,15H,5,8-11H2,1-3H3;3-4H2,1-2H3;3-4H,1-2H3/b14-4+;;. The van der Waals surface area contributed by atoms with Crippen LogP contribution < -0.4 is 0 Å². The second kappa shape index (κ2) is 18.0. The third kappa shape index (κ3) is 12.3. The summed E-state index contributed by atoms with van der Waals surface area (Å²) in [4.78, 5) is 14.7. The first kappa shape index (κ1) is 30.5. The van der Waals surface area contributed by atoms with E-state index in [0.29, 0.717) is 5.58 Å². The molecule has 1 heterocycles. The molecule has 1 aromatic heterocycles. The van der Waals surface area contributed by atoms with Crippen LogP contribution >= 0.6 is 0 Å². The minimum absolute atomic E-state index is 0.270. The molecule has 1 unspecified atom stereocenters. The van der Waals surface area contributed by atoms with Crippen molar-refractivity contribution in [1.29, 1.82) is 5.41 Å². The number of nitrogens with zero attached hydrogens (tertiary/aromatic N) is 3. The van der Waals surface area contributed by atoms with Crippen molar-refractivity contribution in [3.8, 4) is 0 Å². The summed E-state index contributed by atoms with van der Waals surface area (Å²) in [5.41, 5.74) is 2.24. The number of aromatic nitrogens is 1. The quantitative estimate of drug-likeness (QED) is 0.184. The lowest BCUT2D eigenvalue weighted by molar-refractivity contribution is -0.105. The third-order valence-corrected chi connectivity index (χ3v) is 5.26. The van der Waals surface area contributed by atoms with Crippen molar-refractivity contribution < 1.29 is 13.7 Å². The molecule has 0 saturated carbocycles. The number of unbranched alkanes of at least 4 members (excludes halogenated alkanes) is 1. The van der Waals surface area contributed by atoms with Gasteiger partial charge in [-0.3, -0.25) is 10.2 Å². The van der Waals surface area contributed by atoms with Crippen LogP contribution in [0.5, 0.6) is 0 Å². The molecule has 0 fully saturated rings. The molecule has 1 N–H and O–H groups in total. The first-order chi connectivity index (χ1) is 15.8. The summed E-state index contributed by atoms with van der Waals surface area (Å²) in [6.07, 6.45) is 9.32. The summed E-state index contributed by atoms with van der Waals surface area (Å²) >= 11 is 0. The number of fused-ring (bicyclic) bond motifs is 1. The van der Waals surface area contributed by atoms with Gasteiger partial charge in [0.05, 0.1) is 12.0 Å². The molecule has 1 atom stereocenters. The number of nitrogens with one attached hydrogen (secondary N) is 1. The van der Waals surface area contributed by atoms with Gasteiger partial charge >= 0.3 is 0 Å². The molecule has 0 aliphatic carbocycles. The molecule has 6 nitrogen and oxygen atoms in total. The van der Waals surface area contributed by atoms with Crippen LogP contribution in [0.15, 0.2) is 34.4 Å². The molecule has 2 rings (SSSR count). The molecular weight excluding hydrogens is 419 g/mol. The van der Waals surface area contributed by atoms with Crippen molar-refractivity contribution in [3.63, 3.8) is 0 Å². The highest BCUT2D eigenvalue weighted by Gasteiger charge is 2.18. The molecule has 33 heavy (non-hydrogen) atoms. The lowest BCUT2D eigenvalue weighted by atomic mass is 9.95. The Labute approximate surface area is 199 Å². The zero-order chi connectivity index (χ0) is 25.2. The van der Waals surface area contributed by atoms with Gasteiger partial charge in [-0.25, -0.2) is 4.39 Å². The normalized spacial score (nSPS) is 11.8. The molecule has 186 valence electrons. The summed E-state index contributed by atoms with van der Waals surface area (Å²) in [6.45, 7) is 10.1. The second-order valence-electron chi connectivity index (χ2n) is 8.23. The van der Waals surface area contributed by atoms with E-state index in [1.165, 1.54) is 31.3 Å². The van der Waals surface area contributed by atoms with E-state index in [0.717, 1.165) is 55.3 Å². The molecule has 0 aliphatic heterocycles. The van der Waals surface area contributed by atoms with E-state index >= 15 is 0 Å². The number of hydrogen-bond acceptors (Lipinski definition) is 5. The van der Waals surface area contributed by atoms with Gasteiger partial charge in [0.2, 0.25) is 0 Å². The van der Waals surface area contributed by atoms with Crippen molar-refractivity contribution in [2.24, 2.45) is 0 Å². The molecule has 0 saturated heterocycles. The minimum Gasteiger partial charge on any atom is -0.369 e. The molecule has 0 radical (unpaired) electrons. The third-order valence-electron chi connectivity index (χ3n) is 5.26. The highest BCUT2D eigenvalue weighted by Crippen LogP contribution is 2.30. The van der Waals surface area contributed by atoms with Crippen molar-refractivity contribution in [3.05, 3.63) is 41.4 Å². The largest absolute Gasteiger partial charge is 0.369 e. The topological polar surface area (TPSA) is 73.4 Å². The molecule has 1 aromatic carbocycles. The number of aldehydes is 1. The van der Waals surface area contributed by atoms with Crippen molar-refractivity contribution in [2.75, 3.05) is 34.2 Å². The molecule has 7 heteroatoms. The lowest BCUT2D eigenvalue weighted by Crippen LogP contribution is -2.23. The van der Waals surface area contributed by atoms with Gasteiger partial charge in [0.1, 0.15) is 12.1 Å². The Balaban J connectivity index is 0.000000968. The number of hydrogen-bond donors (Lipinski definition) is 1. The van der Waals surface area contributed by atoms with Gasteiger partial charge in [0.15, 0.2) is 5.58 Å². The highest BCUT2D eigenvalue weighted by atomic mass is 19.1. The number of allylic oxidation sites excluding steroid dienone is 1. The van der Waals surface area contributed by atoms with E-state index in [1.807, 2.05) is 27.1 Å². The number of rotatable bonds is 11. The van der Waals surface area contributed by atoms with Crippen LogP contribution in [0.2, 0.25) is 0 Å². The zero-order valence-corrected chi connectivity index (χ0v) is 21.5. The Bertz CT molecular complexity index is 831. The van der Waals surface area contributed by atoms with Gasteiger partial charge in [-0.2, -0.15) is 0 Å². The fourth-order valence-corrected chi connectivity index (χ4v) is 2.84. The Morgan fingerprint density at radius 2 is 1.82 bits per heavy atom. The van der Waals surface area contributed by atoms with Gasteiger partial charge < -0.3 is 14.3 Å². The summed E-state index contributed by atoms with van der Waals surface area (Å²) < 4.78 is 18.5. The van der Waals surface area contributed by atoms with E-state index in [2.05, 4.69) is 37.9 Å². The fraction of sp³-hybridized carbons (Fsp3) is 0.577. The van der Waals surface area contributed by atoms with Crippen molar-refractivity contribution in [2.45, 2.75) is 65.7 Å². The molecule has 0 aliphatic rings. The molecule has 0 spiro atoms. The van der Waals surface area contributed by atoms with Crippen LogP contribution in [0.4, 0.5) is 4.39 Å². The predicted octanol–water partition coefficient (Wildman–Crippen LogP) is 6.28. The summed E-state index contributed by atoms with van der Waals surface area (Å²) in [5, 5.41) is 11.5. The predicted molar refractivity (Wildman–Crippen MR) is 137 cm³/mol. The number of benzene rings is 1. The second-order valence-corrected chi connectivity index (χ2v) is 8.23. The highest BCUT2D eigenvalue weighted by molar-refractivity contribution is 5.79. The smallest absolute Gasteiger partial charge is 0.170 e. The van der Waals surface area contributed by atoms with Gasteiger partial charge in [-0.1, -0.05) is 44.8 Å². The van der Waals surface area contributed by atoms with E-state index in [4.69, 9.17) is 9.93 Å². The Kier molecular flexibility index (Phi) is 16.6. The molecule has 0 bridgehead atoms. The van der Waals surface area contributed by atoms with Crippen LogP contribution in [0.3, 0.4) is 0 Å². The maximum absolute atomic E-state index is 13.3. The maximum atomic E-state index is 13.3. The molecule has 0 amide bonds. The van der Waals surface area contributed by atoms with Crippen LogP contribution in [-0.2, 0) is 4.79 Å². The van der Waals surface area contributed by atoms with E-state index in [1.54, 1.807) is 11.0 Å². The zero-order valence-electron chi connectivity index (χ0n) is 21.5. The van der Waals surface area contributed by atoms with Crippen molar-refractivity contribution in [1.82, 2.24) is 15.0 Å². The van der Waals surface area contributed by atoms with Gasteiger partial charge in [-0.15, -0.1) is 0 Å². The van der Waals surface area contributed by atoms with Gasteiger partial charge in [0, 0.05) is 38.0 Å². The molecule has 2 aromatic rings. The van der Waals surface area contributed by atoms with Crippen LogP contribution in [0.1, 0.15) is 71.4 Å². The Morgan fingerprint density at radius 1 is 1.18 bits per heavy atom. The number of halogens is 1. The SMILES string of the molecule is C/C=C(/C=O)CCN(C)CCC(CC)c1noc2cc(F)ccc12.CCCC.CN(C)C=N. The number of carbonyl (C=O) groups excluding carboxylic acids is 1. The van der Waals surface area contributed by atoms with Crippen LogP contribution in [0.25, 0.3) is 11.0 Å².